The molecule has 144 valence electrons. The standard InChI is InChI=1S/C21H29N5O/c1-13(22)20(14(2)27)15-5-10-19-18(11-15)21(24-12-23-19)25-16-6-8-17(9-7-16)26(3)4/h5,10-12,16-17,22,27H,6-9H2,1-4H3,(H,23,24,25)/b20-14+,22-13?/t16-,17-. The third-order valence-corrected chi connectivity index (χ3v) is 5.43. The SMILES string of the molecule is CC(=N)/C(=C(/C)O)c1ccc2ncnc(N[C@H]3CC[C@H](N(C)C)CC3)c2c1. The largest absolute Gasteiger partial charge is 0.512 e. The second-order valence-corrected chi connectivity index (χ2v) is 7.65. The van der Waals surface area contributed by atoms with E-state index >= 15 is 0 Å². The molecule has 1 heterocycles. The second kappa shape index (κ2) is 8.05. The molecule has 0 spiro atoms. The zero-order valence-electron chi connectivity index (χ0n) is 16.6. The summed E-state index contributed by atoms with van der Waals surface area (Å²) in [5, 5.41) is 22.5. The van der Waals surface area contributed by atoms with Crippen LogP contribution in [0.1, 0.15) is 45.1 Å². The summed E-state index contributed by atoms with van der Waals surface area (Å²) in [7, 11) is 4.30. The molecule has 3 N–H and O–H groups in total. The quantitative estimate of drug-likeness (QED) is 0.543. The summed E-state index contributed by atoms with van der Waals surface area (Å²) in [4.78, 5) is 11.2. The maximum absolute atomic E-state index is 10.00. The van der Waals surface area contributed by atoms with Gasteiger partial charge in [-0.1, -0.05) is 6.07 Å². The Bertz CT molecular complexity index is 862. The number of aliphatic hydroxyl groups is 1. The van der Waals surface area contributed by atoms with E-state index in [0.717, 1.165) is 35.1 Å². The highest BCUT2D eigenvalue weighted by Crippen LogP contribution is 2.29. The van der Waals surface area contributed by atoms with E-state index in [4.69, 9.17) is 5.41 Å². The molecule has 1 aromatic heterocycles. The molecule has 1 aromatic carbocycles. The van der Waals surface area contributed by atoms with Crippen LogP contribution < -0.4 is 5.32 Å². The zero-order valence-corrected chi connectivity index (χ0v) is 16.6. The molecular weight excluding hydrogens is 338 g/mol. The Morgan fingerprint density at radius 3 is 2.44 bits per heavy atom. The van der Waals surface area contributed by atoms with Gasteiger partial charge in [-0.3, -0.25) is 0 Å². The molecule has 0 bridgehead atoms. The van der Waals surface area contributed by atoms with Crippen molar-refractivity contribution in [1.82, 2.24) is 14.9 Å². The summed E-state index contributed by atoms with van der Waals surface area (Å²) in [6, 6.07) is 6.85. The van der Waals surface area contributed by atoms with Crippen LogP contribution in [-0.4, -0.2) is 51.9 Å². The fraction of sp³-hybridized carbons (Fsp3) is 0.476. The monoisotopic (exact) mass is 367 g/mol. The molecule has 1 aliphatic carbocycles. The average Bonchev–Trinajstić information content (AvgIpc) is 2.62. The summed E-state index contributed by atoms with van der Waals surface area (Å²) in [6.45, 7) is 3.30. The van der Waals surface area contributed by atoms with Gasteiger partial charge >= 0.3 is 0 Å². The smallest absolute Gasteiger partial charge is 0.137 e. The third kappa shape index (κ3) is 4.27. The van der Waals surface area contributed by atoms with Crippen LogP contribution in [0.25, 0.3) is 16.5 Å². The van der Waals surface area contributed by atoms with Gasteiger partial charge in [-0.25, -0.2) is 9.97 Å². The predicted molar refractivity (Wildman–Crippen MR) is 112 cm³/mol. The molecule has 2 aromatic rings. The number of nitrogens with zero attached hydrogens (tertiary/aromatic N) is 3. The molecule has 1 aliphatic rings. The predicted octanol–water partition coefficient (Wildman–Crippen LogP) is 4.24. The van der Waals surface area contributed by atoms with Crippen molar-refractivity contribution in [3.8, 4) is 0 Å². The van der Waals surface area contributed by atoms with Gasteiger partial charge in [0.1, 0.15) is 12.1 Å². The highest BCUT2D eigenvalue weighted by atomic mass is 16.3. The molecule has 27 heavy (non-hydrogen) atoms. The van der Waals surface area contributed by atoms with Gasteiger partial charge in [0.05, 0.1) is 11.3 Å². The van der Waals surface area contributed by atoms with Gasteiger partial charge in [0.25, 0.3) is 0 Å². The van der Waals surface area contributed by atoms with Crippen molar-refractivity contribution in [1.29, 1.82) is 5.41 Å². The molecular formula is C21H29N5O. The lowest BCUT2D eigenvalue weighted by atomic mass is 9.90. The Balaban J connectivity index is 1.89. The molecule has 6 heteroatoms. The molecule has 0 saturated heterocycles. The first-order valence-electron chi connectivity index (χ1n) is 9.50. The summed E-state index contributed by atoms with van der Waals surface area (Å²) in [5.74, 6) is 0.975. The van der Waals surface area contributed by atoms with Crippen molar-refractivity contribution in [2.24, 2.45) is 0 Å². The lowest BCUT2D eigenvalue weighted by Gasteiger charge is -2.33. The van der Waals surface area contributed by atoms with Gasteiger partial charge in [0.2, 0.25) is 0 Å². The highest BCUT2D eigenvalue weighted by molar-refractivity contribution is 6.22. The summed E-state index contributed by atoms with van der Waals surface area (Å²) >= 11 is 0. The molecule has 0 atom stereocenters. The van der Waals surface area contributed by atoms with Gasteiger partial charge in [0.15, 0.2) is 0 Å². The van der Waals surface area contributed by atoms with Crippen molar-refractivity contribution in [2.45, 2.75) is 51.6 Å². The van der Waals surface area contributed by atoms with Crippen molar-refractivity contribution in [3.05, 3.63) is 35.8 Å². The van der Waals surface area contributed by atoms with Crippen LogP contribution >= 0.6 is 0 Å². The number of rotatable bonds is 5. The van der Waals surface area contributed by atoms with E-state index in [9.17, 15) is 5.11 Å². The highest BCUT2D eigenvalue weighted by Gasteiger charge is 2.23. The Morgan fingerprint density at radius 1 is 1.15 bits per heavy atom. The van der Waals surface area contributed by atoms with E-state index < -0.39 is 0 Å². The van der Waals surface area contributed by atoms with Gasteiger partial charge in [-0.05, 0) is 71.3 Å². The van der Waals surface area contributed by atoms with E-state index in [0.29, 0.717) is 23.4 Å². The fourth-order valence-electron chi connectivity index (χ4n) is 3.95. The van der Waals surface area contributed by atoms with Crippen LogP contribution in [0.2, 0.25) is 0 Å². The number of allylic oxidation sites excluding steroid dienone is 2. The minimum Gasteiger partial charge on any atom is -0.512 e. The van der Waals surface area contributed by atoms with E-state index in [1.165, 1.54) is 12.8 Å². The van der Waals surface area contributed by atoms with E-state index in [1.54, 1.807) is 20.2 Å². The van der Waals surface area contributed by atoms with Crippen molar-refractivity contribution in [3.63, 3.8) is 0 Å². The molecule has 6 nitrogen and oxygen atoms in total. The third-order valence-electron chi connectivity index (χ3n) is 5.43. The summed E-state index contributed by atoms with van der Waals surface area (Å²) in [6.07, 6.45) is 6.19. The lowest BCUT2D eigenvalue weighted by molar-refractivity contribution is 0.221. The van der Waals surface area contributed by atoms with E-state index in [-0.39, 0.29) is 5.76 Å². The molecule has 1 saturated carbocycles. The lowest BCUT2D eigenvalue weighted by Crippen LogP contribution is -2.36. The van der Waals surface area contributed by atoms with Gasteiger partial charge in [-0.15, -0.1) is 0 Å². The van der Waals surface area contributed by atoms with Crippen LogP contribution in [0.5, 0.6) is 0 Å². The number of fused-ring (bicyclic) bond motifs is 1. The first-order valence-corrected chi connectivity index (χ1v) is 9.50. The Morgan fingerprint density at radius 2 is 1.85 bits per heavy atom. The summed E-state index contributed by atoms with van der Waals surface area (Å²) < 4.78 is 0. The van der Waals surface area contributed by atoms with Crippen molar-refractivity contribution >= 4 is 28.0 Å². The number of hydrogen-bond donors (Lipinski definition) is 3. The van der Waals surface area contributed by atoms with Crippen molar-refractivity contribution < 1.29 is 5.11 Å². The maximum atomic E-state index is 10.00. The van der Waals surface area contributed by atoms with Crippen LogP contribution in [-0.2, 0) is 0 Å². The minimum atomic E-state index is 0.148. The minimum absolute atomic E-state index is 0.148. The van der Waals surface area contributed by atoms with Crippen molar-refractivity contribution in [2.75, 3.05) is 19.4 Å². The van der Waals surface area contributed by atoms with Crippen LogP contribution in [0.3, 0.4) is 0 Å². The number of benzene rings is 1. The average molecular weight is 367 g/mol. The molecule has 1 fully saturated rings. The van der Waals surface area contributed by atoms with Gasteiger partial charge in [-0.2, -0.15) is 0 Å². The first-order chi connectivity index (χ1) is 12.9. The number of aromatic nitrogens is 2. The number of anilines is 1. The van der Waals surface area contributed by atoms with Crippen LogP contribution in [0.4, 0.5) is 5.82 Å². The zero-order chi connectivity index (χ0) is 19.6. The molecule has 0 amide bonds. The number of hydrogen-bond acceptors (Lipinski definition) is 6. The fourth-order valence-corrected chi connectivity index (χ4v) is 3.95. The molecule has 3 rings (SSSR count). The Labute approximate surface area is 160 Å². The normalized spacial score (nSPS) is 21.2. The Hall–Kier alpha value is -2.47. The Kier molecular flexibility index (Phi) is 5.75. The van der Waals surface area contributed by atoms with Crippen LogP contribution in [0, 0.1) is 5.41 Å². The molecule has 0 unspecified atom stereocenters. The second-order valence-electron chi connectivity index (χ2n) is 7.65. The van der Waals surface area contributed by atoms with Gasteiger partial charge < -0.3 is 20.7 Å². The number of nitrogens with one attached hydrogen (secondary N) is 2. The summed E-state index contributed by atoms with van der Waals surface area (Å²) in [5.41, 5.74) is 2.56. The van der Waals surface area contributed by atoms with Crippen LogP contribution in [0.15, 0.2) is 30.3 Å². The maximum Gasteiger partial charge on any atom is 0.137 e. The topological polar surface area (TPSA) is 85.1 Å². The van der Waals surface area contributed by atoms with E-state index in [2.05, 4.69) is 34.3 Å². The molecule has 0 radical (unpaired) electrons. The van der Waals surface area contributed by atoms with Gasteiger partial charge in [0, 0.05) is 28.8 Å². The van der Waals surface area contributed by atoms with E-state index in [1.807, 2.05) is 18.2 Å². The molecule has 0 aliphatic heterocycles. The first kappa shape index (κ1) is 19.3. The number of aliphatic hydroxyl groups excluding tert-OH is 1.